The van der Waals surface area contributed by atoms with Crippen molar-refractivity contribution in [1.29, 1.82) is 0 Å². The number of piperidine rings is 1. The number of aliphatic hydroxyl groups is 1. The number of β-amino-alcohol motifs (C(OH)–C–C–N with tert-alkyl or cyclic N) is 1. The number of aromatic nitrogens is 1. The van der Waals surface area contributed by atoms with Crippen LogP contribution in [0.3, 0.4) is 0 Å². The van der Waals surface area contributed by atoms with Crippen LogP contribution in [0.2, 0.25) is 0 Å². The minimum absolute atomic E-state index is 0.0580. The lowest BCUT2D eigenvalue weighted by atomic mass is 10.1. The van der Waals surface area contributed by atoms with Crippen LogP contribution in [0, 0.1) is 0 Å². The fourth-order valence-corrected chi connectivity index (χ4v) is 2.23. The maximum atomic E-state index is 11.8. The Hall–Kier alpha value is -1.66. The van der Waals surface area contributed by atoms with Crippen LogP contribution in [0.4, 0.5) is 5.82 Å². The lowest BCUT2D eigenvalue weighted by molar-refractivity contribution is -0.123. The highest BCUT2D eigenvalue weighted by Gasteiger charge is 2.19. The van der Waals surface area contributed by atoms with Crippen LogP contribution in [-0.2, 0) is 11.3 Å². The van der Waals surface area contributed by atoms with Gasteiger partial charge in [-0.3, -0.25) is 9.69 Å². The first-order valence-electron chi connectivity index (χ1n) is 6.51. The predicted molar refractivity (Wildman–Crippen MR) is 72.2 cm³/mol. The van der Waals surface area contributed by atoms with Crippen LogP contribution < -0.4 is 11.1 Å². The van der Waals surface area contributed by atoms with Gasteiger partial charge < -0.3 is 16.2 Å². The highest BCUT2D eigenvalue weighted by Crippen LogP contribution is 2.09. The number of amides is 1. The van der Waals surface area contributed by atoms with Gasteiger partial charge in [-0.15, -0.1) is 0 Å². The average molecular weight is 264 g/mol. The molecule has 6 nitrogen and oxygen atoms in total. The summed E-state index contributed by atoms with van der Waals surface area (Å²) in [6, 6.07) is 3.63. The summed E-state index contributed by atoms with van der Waals surface area (Å²) in [5, 5.41) is 12.4. The van der Waals surface area contributed by atoms with Gasteiger partial charge in [0.15, 0.2) is 0 Å². The van der Waals surface area contributed by atoms with Crippen molar-refractivity contribution in [1.82, 2.24) is 15.2 Å². The van der Waals surface area contributed by atoms with Gasteiger partial charge in [0, 0.05) is 24.8 Å². The lowest BCUT2D eigenvalue weighted by Crippen LogP contribution is -2.44. The number of nitrogens with zero attached hydrogens (tertiary/aromatic N) is 2. The van der Waals surface area contributed by atoms with Gasteiger partial charge in [0.05, 0.1) is 12.6 Å². The molecule has 1 aromatic rings. The van der Waals surface area contributed by atoms with Crippen molar-refractivity contribution in [2.75, 3.05) is 25.4 Å². The maximum Gasteiger partial charge on any atom is 0.234 e. The van der Waals surface area contributed by atoms with Crippen molar-refractivity contribution in [3.05, 3.63) is 23.9 Å². The van der Waals surface area contributed by atoms with Gasteiger partial charge in [-0.25, -0.2) is 4.98 Å². The van der Waals surface area contributed by atoms with Crippen LogP contribution in [0.25, 0.3) is 0 Å². The SMILES string of the molecule is Nc1ncccc1CNC(=O)CN1CCC[C@H](O)C1. The molecule has 6 heteroatoms. The number of likely N-dealkylation sites (tertiary alicyclic amines) is 1. The van der Waals surface area contributed by atoms with Gasteiger partial charge in [0.2, 0.25) is 5.91 Å². The molecule has 0 bridgehead atoms. The molecule has 4 N–H and O–H groups in total. The average Bonchev–Trinajstić information content (AvgIpc) is 2.38. The molecule has 1 atom stereocenters. The third-order valence-corrected chi connectivity index (χ3v) is 3.25. The maximum absolute atomic E-state index is 11.8. The number of aliphatic hydroxyl groups excluding tert-OH is 1. The molecule has 2 heterocycles. The molecule has 0 aromatic carbocycles. The summed E-state index contributed by atoms with van der Waals surface area (Å²) in [5.74, 6) is 0.383. The molecule has 1 aliphatic rings. The Kier molecular flexibility index (Phi) is 4.70. The zero-order valence-electron chi connectivity index (χ0n) is 10.9. The van der Waals surface area contributed by atoms with E-state index in [4.69, 9.17) is 5.73 Å². The van der Waals surface area contributed by atoms with Gasteiger partial charge in [-0.05, 0) is 25.5 Å². The zero-order chi connectivity index (χ0) is 13.7. The molecule has 0 unspecified atom stereocenters. The van der Waals surface area contributed by atoms with E-state index in [1.807, 2.05) is 11.0 Å². The molecule has 1 aliphatic heterocycles. The van der Waals surface area contributed by atoms with Crippen LogP contribution in [-0.4, -0.2) is 46.6 Å². The first-order chi connectivity index (χ1) is 9.15. The second-order valence-electron chi connectivity index (χ2n) is 4.86. The van der Waals surface area contributed by atoms with E-state index >= 15 is 0 Å². The summed E-state index contributed by atoms with van der Waals surface area (Å²) in [7, 11) is 0. The molecule has 19 heavy (non-hydrogen) atoms. The second-order valence-corrected chi connectivity index (χ2v) is 4.86. The summed E-state index contributed by atoms with van der Waals surface area (Å²) in [5.41, 5.74) is 6.52. The number of pyridine rings is 1. The van der Waals surface area contributed by atoms with E-state index in [2.05, 4.69) is 10.3 Å². The Balaban J connectivity index is 1.77. The Morgan fingerprint density at radius 1 is 1.63 bits per heavy atom. The van der Waals surface area contributed by atoms with Gasteiger partial charge in [0.25, 0.3) is 0 Å². The summed E-state index contributed by atoms with van der Waals surface area (Å²) >= 11 is 0. The van der Waals surface area contributed by atoms with Crippen molar-refractivity contribution in [3.63, 3.8) is 0 Å². The van der Waals surface area contributed by atoms with E-state index in [9.17, 15) is 9.90 Å². The molecule has 2 rings (SSSR count). The molecule has 0 spiro atoms. The fourth-order valence-electron chi connectivity index (χ4n) is 2.23. The Bertz CT molecular complexity index is 438. The first kappa shape index (κ1) is 13.8. The third-order valence-electron chi connectivity index (χ3n) is 3.25. The normalized spacial score (nSPS) is 20.2. The number of carbonyl (C=O) groups excluding carboxylic acids is 1. The van der Waals surface area contributed by atoms with Crippen molar-refractivity contribution < 1.29 is 9.90 Å². The molecular formula is C13H20N4O2. The van der Waals surface area contributed by atoms with E-state index in [1.165, 1.54) is 0 Å². The van der Waals surface area contributed by atoms with Crippen molar-refractivity contribution in [3.8, 4) is 0 Å². The number of rotatable bonds is 4. The number of carbonyl (C=O) groups is 1. The molecule has 0 radical (unpaired) electrons. The summed E-state index contributed by atoms with van der Waals surface area (Å²) in [4.78, 5) is 17.7. The van der Waals surface area contributed by atoms with E-state index in [-0.39, 0.29) is 12.0 Å². The lowest BCUT2D eigenvalue weighted by Gasteiger charge is -2.29. The minimum Gasteiger partial charge on any atom is -0.392 e. The molecule has 1 saturated heterocycles. The highest BCUT2D eigenvalue weighted by atomic mass is 16.3. The number of nitrogens with two attached hydrogens (primary N) is 1. The number of hydrogen-bond acceptors (Lipinski definition) is 5. The monoisotopic (exact) mass is 264 g/mol. The van der Waals surface area contributed by atoms with Crippen molar-refractivity contribution in [2.45, 2.75) is 25.5 Å². The van der Waals surface area contributed by atoms with Crippen molar-refractivity contribution in [2.24, 2.45) is 0 Å². The Morgan fingerprint density at radius 2 is 2.47 bits per heavy atom. The number of nitrogen functional groups attached to an aromatic ring is 1. The van der Waals surface area contributed by atoms with Crippen LogP contribution in [0.1, 0.15) is 18.4 Å². The number of nitrogens with one attached hydrogen (secondary N) is 1. The molecule has 1 amide bonds. The van der Waals surface area contributed by atoms with E-state index in [0.29, 0.717) is 25.5 Å². The molecular weight excluding hydrogens is 244 g/mol. The molecule has 1 fully saturated rings. The van der Waals surface area contributed by atoms with Crippen LogP contribution >= 0.6 is 0 Å². The van der Waals surface area contributed by atoms with Crippen molar-refractivity contribution >= 4 is 11.7 Å². The van der Waals surface area contributed by atoms with Crippen LogP contribution in [0.5, 0.6) is 0 Å². The zero-order valence-corrected chi connectivity index (χ0v) is 10.9. The van der Waals surface area contributed by atoms with E-state index < -0.39 is 0 Å². The molecule has 0 saturated carbocycles. The second kappa shape index (κ2) is 6.49. The third kappa shape index (κ3) is 4.18. The van der Waals surface area contributed by atoms with E-state index in [1.54, 1.807) is 12.3 Å². The summed E-state index contributed by atoms with van der Waals surface area (Å²) in [6.45, 7) is 2.13. The largest absolute Gasteiger partial charge is 0.392 e. The Labute approximate surface area is 112 Å². The van der Waals surface area contributed by atoms with E-state index in [0.717, 1.165) is 24.9 Å². The van der Waals surface area contributed by atoms with Crippen LogP contribution in [0.15, 0.2) is 18.3 Å². The summed E-state index contributed by atoms with van der Waals surface area (Å²) in [6.07, 6.45) is 3.07. The molecule has 0 aliphatic carbocycles. The smallest absolute Gasteiger partial charge is 0.234 e. The summed E-state index contributed by atoms with van der Waals surface area (Å²) < 4.78 is 0. The van der Waals surface area contributed by atoms with Gasteiger partial charge in [-0.1, -0.05) is 6.07 Å². The topological polar surface area (TPSA) is 91.5 Å². The first-order valence-corrected chi connectivity index (χ1v) is 6.51. The number of hydrogen-bond donors (Lipinski definition) is 3. The quantitative estimate of drug-likeness (QED) is 0.696. The van der Waals surface area contributed by atoms with Gasteiger partial charge >= 0.3 is 0 Å². The Morgan fingerprint density at radius 3 is 3.21 bits per heavy atom. The van der Waals surface area contributed by atoms with Gasteiger partial charge in [-0.2, -0.15) is 0 Å². The van der Waals surface area contributed by atoms with Gasteiger partial charge in [0.1, 0.15) is 5.82 Å². The molecule has 104 valence electrons. The highest BCUT2D eigenvalue weighted by molar-refractivity contribution is 5.78. The minimum atomic E-state index is -0.310. The fraction of sp³-hybridized carbons (Fsp3) is 0.538. The standard InChI is InChI=1S/C13H20N4O2/c14-13-10(3-1-5-15-13)7-16-12(19)9-17-6-2-4-11(18)8-17/h1,3,5,11,18H,2,4,6-9H2,(H2,14,15)(H,16,19)/t11-/m0/s1. The predicted octanol–water partition coefficient (Wildman–Crippen LogP) is -0.263. The molecule has 1 aromatic heterocycles. The number of anilines is 1.